The predicted molar refractivity (Wildman–Crippen MR) is 133 cm³/mol. The van der Waals surface area contributed by atoms with Crippen molar-refractivity contribution in [1.82, 2.24) is 15.3 Å². The van der Waals surface area contributed by atoms with Crippen molar-refractivity contribution in [2.75, 3.05) is 18.0 Å². The van der Waals surface area contributed by atoms with Crippen molar-refractivity contribution in [3.8, 4) is 0 Å². The van der Waals surface area contributed by atoms with Crippen molar-refractivity contribution in [2.24, 2.45) is 11.8 Å². The highest BCUT2D eigenvalue weighted by molar-refractivity contribution is 6.62. The van der Waals surface area contributed by atoms with Crippen LogP contribution in [0.25, 0.3) is 0 Å². The van der Waals surface area contributed by atoms with Crippen LogP contribution in [0.1, 0.15) is 63.6 Å². The van der Waals surface area contributed by atoms with Crippen LogP contribution in [0.15, 0.2) is 30.5 Å². The molecule has 1 amide bonds. The van der Waals surface area contributed by atoms with Gasteiger partial charge in [-0.15, -0.1) is 0 Å². The average molecular weight is 480 g/mol. The Labute approximate surface area is 207 Å². The summed E-state index contributed by atoms with van der Waals surface area (Å²) in [5.41, 5.74) is 0.274. The first kappa shape index (κ1) is 24.2. The van der Waals surface area contributed by atoms with Crippen molar-refractivity contribution >= 4 is 24.3 Å². The topological polar surface area (TPSA) is 76.6 Å². The second-order valence-electron chi connectivity index (χ2n) is 11.7. The molecule has 186 valence electrons. The van der Waals surface area contributed by atoms with E-state index in [4.69, 9.17) is 14.3 Å². The molecule has 2 aromatic rings. The minimum atomic E-state index is -0.587. The third-order valence-electron chi connectivity index (χ3n) is 8.24. The lowest BCUT2D eigenvalue weighted by Crippen LogP contribution is -2.45. The number of carbonyl (C=O) groups excluding carboxylic acids is 1. The van der Waals surface area contributed by atoms with E-state index in [9.17, 15) is 9.18 Å². The van der Waals surface area contributed by atoms with E-state index in [0.717, 1.165) is 37.2 Å². The molecule has 0 radical (unpaired) electrons. The predicted octanol–water partition coefficient (Wildman–Crippen LogP) is 3.26. The normalized spacial score (nSPS) is 28.9. The fourth-order valence-electron chi connectivity index (χ4n) is 5.67. The Morgan fingerprint density at radius 2 is 1.69 bits per heavy atom. The SMILES string of the molecule is Cc1ccc(F)c(C(=O)NC2(C)CC3CN(c4ccc(B5OC(C)(C)C(C)(C)O5)cn4)CC3C2)n1. The van der Waals surface area contributed by atoms with Crippen LogP contribution in [0.2, 0.25) is 0 Å². The molecule has 0 bridgehead atoms. The Morgan fingerprint density at radius 3 is 2.26 bits per heavy atom. The molecule has 2 aliphatic heterocycles. The molecule has 4 heterocycles. The van der Waals surface area contributed by atoms with E-state index < -0.39 is 18.8 Å². The monoisotopic (exact) mass is 480 g/mol. The van der Waals surface area contributed by atoms with Gasteiger partial charge in [-0.25, -0.2) is 14.4 Å². The molecule has 5 rings (SSSR count). The molecular formula is C26H34BFN4O3. The molecule has 1 N–H and O–H groups in total. The maximum absolute atomic E-state index is 14.1. The lowest BCUT2D eigenvalue weighted by atomic mass is 9.80. The first-order chi connectivity index (χ1) is 16.4. The minimum Gasteiger partial charge on any atom is -0.399 e. The number of hydrogen-bond donors (Lipinski definition) is 1. The van der Waals surface area contributed by atoms with Gasteiger partial charge in [0, 0.05) is 36.0 Å². The summed E-state index contributed by atoms with van der Waals surface area (Å²) in [5.74, 6) is 0.804. The second-order valence-corrected chi connectivity index (χ2v) is 11.7. The summed E-state index contributed by atoms with van der Waals surface area (Å²) in [6.45, 7) is 13.8. The summed E-state index contributed by atoms with van der Waals surface area (Å²) in [6.07, 6.45) is 3.54. The molecule has 3 aliphatic rings. The van der Waals surface area contributed by atoms with Crippen molar-refractivity contribution in [1.29, 1.82) is 0 Å². The number of carbonyl (C=O) groups is 1. The zero-order chi connectivity index (χ0) is 25.2. The van der Waals surface area contributed by atoms with Crippen LogP contribution in [0, 0.1) is 24.6 Å². The Morgan fingerprint density at radius 1 is 1.06 bits per heavy atom. The number of fused-ring (bicyclic) bond motifs is 1. The number of halogens is 1. The molecule has 7 nitrogen and oxygen atoms in total. The lowest BCUT2D eigenvalue weighted by Gasteiger charge is -2.32. The van der Waals surface area contributed by atoms with E-state index in [1.165, 1.54) is 6.07 Å². The Bertz CT molecular complexity index is 1110. The van der Waals surface area contributed by atoms with E-state index in [1.807, 2.05) is 46.0 Å². The van der Waals surface area contributed by atoms with Crippen molar-refractivity contribution in [2.45, 2.75) is 71.1 Å². The summed E-state index contributed by atoms with van der Waals surface area (Å²) >= 11 is 0. The fourth-order valence-corrected chi connectivity index (χ4v) is 5.67. The Kier molecular flexibility index (Phi) is 5.72. The fraction of sp³-hybridized carbons (Fsp3) is 0.577. The highest BCUT2D eigenvalue weighted by Gasteiger charge is 2.52. The van der Waals surface area contributed by atoms with Gasteiger partial charge < -0.3 is 19.5 Å². The number of rotatable bonds is 4. The van der Waals surface area contributed by atoms with Crippen LogP contribution in [0.5, 0.6) is 0 Å². The van der Waals surface area contributed by atoms with Gasteiger partial charge >= 0.3 is 7.12 Å². The molecule has 35 heavy (non-hydrogen) atoms. The Balaban J connectivity index is 1.20. The van der Waals surface area contributed by atoms with Crippen molar-refractivity contribution < 1.29 is 18.5 Å². The van der Waals surface area contributed by atoms with Crippen LogP contribution in [0.3, 0.4) is 0 Å². The van der Waals surface area contributed by atoms with Crippen molar-refractivity contribution in [3.63, 3.8) is 0 Å². The van der Waals surface area contributed by atoms with Crippen LogP contribution in [-0.4, -0.2) is 52.8 Å². The van der Waals surface area contributed by atoms with Gasteiger partial charge in [0.05, 0.1) is 11.2 Å². The van der Waals surface area contributed by atoms with Gasteiger partial charge in [-0.05, 0) is 84.4 Å². The van der Waals surface area contributed by atoms with Gasteiger partial charge in [-0.1, -0.05) is 6.07 Å². The van der Waals surface area contributed by atoms with E-state index >= 15 is 0 Å². The molecule has 0 spiro atoms. The molecule has 1 saturated carbocycles. The largest absolute Gasteiger partial charge is 0.496 e. The van der Waals surface area contributed by atoms with Crippen LogP contribution >= 0.6 is 0 Å². The second kappa shape index (κ2) is 8.27. The van der Waals surface area contributed by atoms with Crippen LogP contribution < -0.4 is 15.7 Å². The smallest absolute Gasteiger partial charge is 0.399 e. The van der Waals surface area contributed by atoms with Crippen LogP contribution in [0.4, 0.5) is 10.2 Å². The first-order valence-electron chi connectivity index (χ1n) is 12.4. The van der Waals surface area contributed by atoms with Gasteiger partial charge in [-0.3, -0.25) is 4.79 Å². The molecule has 2 aromatic heterocycles. The first-order valence-corrected chi connectivity index (χ1v) is 12.4. The molecule has 0 aromatic carbocycles. The zero-order valence-corrected chi connectivity index (χ0v) is 21.4. The van der Waals surface area contributed by atoms with E-state index in [0.29, 0.717) is 17.5 Å². The molecule has 3 fully saturated rings. The maximum atomic E-state index is 14.1. The quantitative estimate of drug-likeness (QED) is 0.678. The summed E-state index contributed by atoms with van der Waals surface area (Å²) in [6, 6.07) is 6.94. The van der Waals surface area contributed by atoms with Gasteiger partial charge in [-0.2, -0.15) is 0 Å². The minimum absolute atomic E-state index is 0.129. The molecule has 9 heteroatoms. The number of aryl methyl sites for hydroxylation is 1. The number of amides is 1. The summed E-state index contributed by atoms with van der Waals surface area (Å²) < 4.78 is 26.4. The number of hydrogen-bond acceptors (Lipinski definition) is 6. The molecule has 2 atom stereocenters. The molecule has 2 unspecified atom stereocenters. The number of nitrogens with zero attached hydrogens (tertiary/aromatic N) is 3. The van der Waals surface area contributed by atoms with Gasteiger partial charge in [0.25, 0.3) is 5.91 Å². The summed E-state index contributed by atoms with van der Waals surface area (Å²) in [4.78, 5) is 23.9. The number of anilines is 1. The number of pyridine rings is 2. The van der Waals surface area contributed by atoms with Gasteiger partial charge in [0.2, 0.25) is 0 Å². The highest BCUT2D eigenvalue weighted by atomic mass is 19.1. The number of aromatic nitrogens is 2. The molecular weight excluding hydrogens is 446 g/mol. The average Bonchev–Trinajstić information content (AvgIpc) is 3.36. The summed E-state index contributed by atoms with van der Waals surface area (Å²) in [5, 5.41) is 3.07. The van der Waals surface area contributed by atoms with Gasteiger partial charge in [0.1, 0.15) is 5.82 Å². The summed E-state index contributed by atoms with van der Waals surface area (Å²) in [7, 11) is -0.420. The van der Waals surface area contributed by atoms with E-state index in [2.05, 4.69) is 22.1 Å². The van der Waals surface area contributed by atoms with Crippen LogP contribution in [-0.2, 0) is 9.31 Å². The third kappa shape index (κ3) is 4.44. The third-order valence-corrected chi connectivity index (χ3v) is 8.24. The van der Waals surface area contributed by atoms with E-state index in [-0.39, 0.29) is 22.4 Å². The standard InChI is InChI=1S/C26H34BFN4O3/c1-16-7-9-20(28)22(30-16)23(33)31-26(6)11-17-14-32(15-18(17)12-26)21-10-8-19(13-29-21)27-34-24(2,3)25(4,5)35-27/h7-10,13,17-18H,11-12,14-15H2,1-6H3,(H,31,33). The number of nitrogens with one attached hydrogen (secondary N) is 1. The van der Waals surface area contributed by atoms with Crippen molar-refractivity contribution in [3.05, 3.63) is 47.7 Å². The zero-order valence-electron chi connectivity index (χ0n) is 21.4. The van der Waals surface area contributed by atoms with Gasteiger partial charge in [0.15, 0.2) is 11.5 Å². The Hall–Kier alpha value is -2.52. The molecule has 1 aliphatic carbocycles. The lowest BCUT2D eigenvalue weighted by molar-refractivity contribution is 0.00578. The maximum Gasteiger partial charge on any atom is 0.496 e. The highest BCUT2D eigenvalue weighted by Crippen LogP contribution is 2.44. The van der Waals surface area contributed by atoms with E-state index in [1.54, 1.807) is 13.0 Å². The molecule has 2 saturated heterocycles.